The third-order valence-corrected chi connectivity index (χ3v) is 3.73. The topological polar surface area (TPSA) is 55.2 Å². The molecule has 5 heteroatoms. The van der Waals surface area contributed by atoms with Gasteiger partial charge in [-0.2, -0.15) is 0 Å². The molecular formula is C13H17ClN2O2. The molecule has 18 heavy (non-hydrogen) atoms. The van der Waals surface area contributed by atoms with Crippen LogP contribution in [0.15, 0.2) is 18.2 Å². The number of nitro benzene ring substituents is 1. The summed E-state index contributed by atoms with van der Waals surface area (Å²) in [6, 6.07) is 4.61. The van der Waals surface area contributed by atoms with Gasteiger partial charge >= 0.3 is 0 Å². The summed E-state index contributed by atoms with van der Waals surface area (Å²) >= 11 is 5.86. The minimum absolute atomic E-state index is 0.0887. The highest BCUT2D eigenvalue weighted by Crippen LogP contribution is 2.30. The van der Waals surface area contributed by atoms with Crippen molar-refractivity contribution in [1.29, 1.82) is 0 Å². The second-order valence-corrected chi connectivity index (χ2v) is 5.22. The summed E-state index contributed by atoms with van der Waals surface area (Å²) in [5.74, 6) is 0.774. The van der Waals surface area contributed by atoms with Crippen LogP contribution in [0.2, 0.25) is 5.02 Å². The highest BCUT2D eigenvalue weighted by atomic mass is 35.5. The zero-order valence-corrected chi connectivity index (χ0v) is 10.9. The minimum atomic E-state index is -0.381. The Balaban J connectivity index is 1.94. The molecule has 0 unspecified atom stereocenters. The van der Waals surface area contributed by atoms with Crippen LogP contribution in [0.4, 0.5) is 11.4 Å². The van der Waals surface area contributed by atoms with Gasteiger partial charge in [0.2, 0.25) is 0 Å². The summed E-state index contributed by atoms with van der Waals surface area (Å²) in [5, 5.41) is 14.5. The fraction of sp³-hybridized carbons (Fsp3) is 0.538. The Kier molecular flexibility index (Phi) is 4.42. The van der Waals surface area contributed by atoms with E-state index in [4.69, 9.17) is 11.6 Å². The van der Waals surface area contributed by atoms with Gasteiger partial charge in [-0.25, -0.2) is 0 Å². The molecule has 2 rings (SSSR count). The molecule has 0 heterocycles. The summed E-state index contributed by atoms with van der Waals surface area (Å²) in [7, 11) is 0. The number of hydrogen-bond donors (Lipinski definition) is 1. The van der Waals surface area contributed by atoms with Gasteiger partial charge in [-0.3, -0.25) is 10.1 Å². The van der Waals surface area contributed by atoms with Gasteiger partial charge in [0.05, 0.1) is 4.92 Å². The van der Waals surface area contributed by atoms with E-state index in [9.17, 15) is 10.1 Å². The molecule has 1 aromatic rings. The van der Waals surface area contributed by atoms with Crippen LogP contribution < -0.4 is 5.32 Å². The van der Waals surface area contributed by atoms with Gasteiger partial charge in [-0.15, -0.1) is 0 Å². The number of benzene rings is 1. The maximum absolute atomic E-state index is 10.9. The van der Waals surface area contributed by atoms with Crippen LogP contribution in [0, 0.1) is 16.0 Å². The molecule has 0 atom stereocenters. The van der Waals surface area contributed by atoms with Gasteiger partial charge in [0.1, 0.15) is 5.69 Å². The molecule has 0 amide bonds. The number of anilines is 1. The Hall–Kier alpha value is -1.29. The quantitative estimate of drug-likeness (QED) is 0.642. The number of hydrogen-bond acceptors (Lipinski definition) is 3. The lowest BCUT2D eigenvalue weighted by Gasteiger charge is -2.11. The molecule has 98 valence electrons. The van der Waals surface area contributed by atoms with E-state index in [1.165, 1.54) is 31.7 Å². The summed E-state index contributed by atoms with van der Waals surface area (Å²) in [6.45, 7) is 0.770. The van der Waals surface area contributed by atoms with Crippen LogP contribution in [-0.4, -0.2) is 11.5 Å². The molecule has 0 radical (unpaired) electrons. The molecule has 0 aliphatic heterocycles. The number of nitrogens with one attached hydrogen (secondary N) is 1. The van der Waals surface area contributed by atoms with Crippen LogP contribution in [0.5, 0.6) is 0 Å². The van der Waals surface area contributed by atoms with Crippen LogP contribution in [0.1, 0.15) is 32.1 Å². The van der Waals surface area contributed by atoms with Crippen molar-refractivity contribution in [2.45, 2.75) is 32.1 Å². The fourth-order valence-corrected chi connectivity index (χ4v) is 2.69. The van der Waals surface area contributed by atoms with Crippen molar-refractivity contribution in [2.75, 3.05) is 11.9 Å². The Morgan fingerprint density at radius 3 is 2.78 bits per heavy atom. The van der Waals surface area contributed by atoms with Crippen molar-refractivity contribution in [2.24, 2.45) is 5.92 Å². The second-order valence-electron chi connectivity index (χ2n) is 4.78. The van der Waals surface area contributed by atoms with E-state index in [1.807, 2.05) is 0 Å². The first-order valence-corrected chi connectivity index (χ1v) is 6.72. The lowest BCUT2D eigenvalue weighted by Crippen LogP contribution is -2.08. The van der Waals surface area contributed by atoms with Crippen molar-refractivity contribution >= 4 is 23.0 Å². The van der Waals surface area contributed by atoms with E-state index in [1.54, 1.807) is 12.1 Å². The zero-order valence-electron chi connectivity index (χ0n) is 10.2. The largest absolute Gasteiger partial charge is 0.379 e. The molecule has 0 saturated heterocycles. The first-order chi connectivity index (χ1) is 8.66. The fourth-order valence-electron chi connectivity index (χ4n) is 2.52. The van der Waals surface area contributed by atoms with E-state index in [0.29, 0.717) is 10.7 Å². The molecular weight excluding hydrogens is 252 g/mol. The zero-order chi connectivity index (χ0) is 13.0. The monoisotopic (exact) mass is 268 g/mol. The Morgan fingerprint density at radius 1 is 1.39 bits per heavy atom. The van der Waals surface area contributed by atoms with Crippen LogP contribution in [0.25, 0.3) is 0 Å². The highest BCUT2D eigenvalue weighted by Gasteiger charge is 2.16. The average molecular weight is 269 g/mol. The maximum atomic E-state index is 10.9. The average Bonchev–Trinajstić information content (AvgIpc) is 2.82. The number of halogens is 1. The molecule has 1 aliphatic rings. The van der Waals surface area contributed by atoms with Gasteiger partial charge in [0, 0.05) is 17.6 Å². The van der Waals surface area contributed by atoms with E-state index in [-0.39, 0.29) is 10.6 Å². The molecule has 1 aromatic carbocycles. The summed E-state index contributed by atoms with van der Waals surface area (Å²) in [5.41, 5.74) is 0.608. The van der Waals surface area contributed by atoms with Crippen molar-refractivity contribution < 1.29 is 4.92 Å². The van der Waals surface area contributed by atoms with Crippen LogP contribution >= 0.6 is 11.6 Å². The van der Waals surface area contributed by atoms with Gasteiger partial charge in [-0.05, 0) is 24.5 Å². The maximum Gasteiger partial charge on any atom is 0.292 e. The molecule has 1 saturated carbocycles. The summed E-state index contributed by atoms with van der Waals surface area (Å²) in [6.07, 6.45) is 6.30. The molecule has 4 nitrogen and oxygen atoms in total. The number of nitrogens with zero attached hydrogens (tertiary/aromatic N) is 1. The molecule has 0 spiro atoms. The van der Waals surface area contributed by atoms with Gasteiger partial charge in [-0.1, -0.05) is 37.3 Å². The van der Waals surface area contributed by atoms with E-state index in [0.717, 1.165) is 18.9 Å². The molecule has 0 aromatic heterocycles. The molecule has 1 N–H and O–H groups in total. The third-order valence-electron chi connectivity index (χ3n) is 3.50. The second kappa shape index (κ2) is 6.05. The Morgan fingerprint density at radius 2 is 2.11 bits per heavy atom. The smallest absolute Gasteiger partial charge is 0.292 e. The van der Waals surface area contributed by atoms with Gasteiger partial charge in [0.15, 0.2) is 0 Å². The lowest BCUT2D eigenvalue weighted by molar-refractivity contribution is -0.384. The highest BCUT2D eigenvalue weighted by molar-refractivity contribution is 6.31. The van der Waals surface area contributed by atoms with Crippen molar-refractivity contribution in [1.82, 2.24) is 0 Å². The molecule has 1 fully saturated rings. The van der Waals surface area contributed by atoms with Crippen LogP contribution in [0.3, 0.4) is 0 Å². The number of rotatable bonds is 5. The normalized spacial score (nSPS) is 15.8. The van der Waals surface area contributed by atoms with Crippen molar-refractivity contribution in [3.05, 3.63) is 33.3 Å². The first kappa shape index (κ1) is 13.1. The van der Waals surface area contributed by atoms with Gasteiger partial charge in [0.25, 0.3) is 5.69 Å². The summed E-state index contributed by atoms with van der Waals surface area (Å²) in [4.78, 5) is 10.5. The first-order valence-electron chi connectivity index (χ1n) is 6.34. The van der Waals surface area contributed by atoms with Crippen LogP contribution in [-0.2, 0) is 0 Å². The van der Waals surface area contributed by atoms with Gasteiger partial charge < -0.3 is 5.32 Å². The van der Waals surface area contributed by atoms with E-state index >= 15 is 0 Å². The third kappa shape index (κ3) is 3.35. The van der Waals surface area contributed by atoms with Crippen molar-refractivity contribution in [3.63, 3.8) is 0 Å². The number of nitro groups is 1. The predicted molar refractivity (Wildman–Crippen MR) is 73.2 cm³/mol. The van der Waals surface area contributed by atoms with E-state index in [2.05, 4.69) is 5.32 Å². The predicted octanol–water partition coefficient (Wildman–Crippen LogP) is 4.24. The standard InChI is InChI=1S/C13H17ClN2O2/c14-11-5-6-13(16(17)18)12(9-11)15-8-7-10-3-1-2-4-10/h5-6,9-10,15H,1-4,7-8H2. The summed E-state index contributed by atoms with van der Waals surface area (Å²) < 4.78 is 0. The Bertz CT molecular complexity index is 431. The van der Waals surface area contributed by atoms with E-state index < -0.39 is 0 Å². The molecule has 0 bridgehead atoms. The Labute approximate surface area is 111 Å². The minimum Gasteiger partial charge on any atom is -0.379 e. The SMILES string of the molecule is O=[N+]([O-])c1ccc(Cl)cc1NCCC1CCCC1. The lowest BCUT2D eigenvalue weighted by atomic mass is 10.0. The van der Waals surface area contributed by atoms with Crippen molar-refractivity contribution in [3.8, 4) is 0 Å². The molecule has 1 aliphatic carbocycles.